The van der Waals surface area contributed by atoms with Crippen molar-refractivity contribution >= 4 is 11.7 Å². The summed E-state index contributed by atoms with van der Waals surface area (Å²) in [4.78, 5) is 30.8. The van der Waals surface area contributed by atoms with E-state index in [-0.39, 0.29) is 11.7 Å². The molecule has 1 aromatic rings. The molecule has 6 nitrogen and oxygen atoms in total. The maximum Gasteiger partial charge on any atom is 0.236 e. The zero-order chi connectivity index (χ0) is 19.4. The normalized spacial score (nSPS) is 16.7. The zero-order valence-corrected chi connectivity index (χ0v) is 17.2. The molecule has 1 aliphatic heterocycles. The Hall–Kier alpha value is -1.66. The second kappa shape index (κ2) is 8.82. The first-order chi connectivity index (χ1) is 12.2. The number of rotatable bonds is 6. The van der Waals surface area contributed by atoms with Crippen LogP contribution in [0.5, 0.6) is 0 Å². The number of aromatic nitrogens is 1. The minimum atomic E-state index is 0.135. The maximum atomic E-state index is 12.9. The Kier molecular flexibility index (Phi) is 7.01. The van der Waals surface area contributed by atoms with Crippen LogP contribution in [0, 0.1) is 13.8 Å². The monoisotopic (exact) mass is 362 g/mol. The van der Waals surface area contributed by atoms with Gasteiger partial charge in [0.15, 0.2) is 5.78 Å². The summed E-state index contributed by atoms with van der Waals surface area (Å²) in [5, 5.41) is 0. The van der Waals surface area contributed by atoms with Crippen LogP contribution in [0.15, 0.2) is 6.07 Å². The molecule has 0 atom stereocenters. The van der Waals surface area contributed by atoms with Crippen molar-refractivity contribution in [2.24, 2.45) is 0 Å². The molecule has 0 saturated carbocycles. The van der Waals surface area contributed by atoms with Gasteiger partial charge in [-0.15, -0.1) is 0 Å². The number of hydrogen-bond donors (Lipinski definition) is 0. The van der Waals surface area contributed by atoms with Gasteiger partial charge in [0, 0.05) is 50.2 Å². The quantitative estimate of drug-likeness (QED) is 0.726. The van der Waals surface area contributed by atoms with Crippen molar-refractivity contribution in [3.05, 3.63) is 23.0 Å². The number of amides is 1. The predicted octanol–water partition coefficient (Wildman–Crippen LogP) is 1.96. The Balaban J connectivity index is 1.96. The van der Waals surface area contributed by atoms with Crippen molar-refractivity contribution in [3.8, 4) is 0 Å². The molecule has 1 saturated heterocycles. The Morgan fingerprint density at radius 1 is 1.04 bits per heavy atom. The molecular formula is C20H34N4O2. The van der Waals surface area contributed by atoms with Crippen molar-refractivity contribution in [2.45, 2.75) is 40.2 Å². The molecule has 6 heteroatoms. The van der Waals surface area contributed by atoms with Crippen LogP contribution in [-0.4, -0.2) is 84.3 Å². The summed E-state index contributed by atoms with van der Waals surface area (Å²) < 4.78 is 2.23. The fourth-order valence-corrected chi connectivity index (χ4v) is 3.82. The summed E-state index contributed by atoms with van der Waals surface area (Å²) in [5.74, 6) is 0.332. The van der Waals surface area contributed by atoms with Crippen LogP contribution in [0.3, 0.4) is 0 Å². The highest BCUT2D eigenvalue weighted by Gasteiger charge is 2.22. The molecule has 0 aromatic carbocycles. The number of aryl methyl sites for hydroxylation is 1. The molecule has 2 rings (SSSR count). The highest BCUT2D eigenvalue weighted by molar-refractivity contribution is 5.99. The Morgan fingerprint density at radius 2 is 1.62 bits per heavy atom. The third-order valence-electron chi connectivity index (χ3n) is 5.21. The van der Waals surface area contributed by atoms with Crippen LogP contribution in [0.1, 0.15) is 48.1 Å². The zero-order valence-electron chi connectivity index (χ0n) is 17.2. The van der Waals surface area contributed by atoms with Crippen LogP contribution in [0.2, 0.25) is 0 Å². The topological polar surface area (TPSA) is 48.8 Å². The molecule has 0 aliphatic carbocycles. The molecule has 2 heterocycles. The lowest BCUT2D eigenvalue weighted by atomic mass is 10.1. The number of ketones is 1. The van der Waals surface area contributed by atoms with E-state index in [4.69, 9.17) is 0 Å². The molecule has 0 spiro atoms. The van der Waals surface area contributed by atoms with E-state index < -0.39 is 0 Å². The van der Waals surface area contributed by atoms with Gasteiger partial charge < -0.3 is 9.47 Å². The number of likely N-dealkylation sites (N-methyl/N-ethyl adjacent to an activating group) is 1. The molecule has 0 unspecified atom stereocenters. The minimum Gasteiger partial charge on any atom is -0.348 e. The van der Waals surface area contributed by atoms with Gasteiger partial charge in [0.05, 0.1) is 13.1 Å². The van der Waals surface area contributed by atoms with Gasteiger partial charge in [0.2, 0.25) is 5.91 Å². The fourth-order valence-electron chi connectivity index (χ4n) is 3.82. The lowest BCUT2D eigenvalue weighted by molar-refractivity contribution is -0.129. The van der Waals surface area contributed by atoms with Gasteiger partial charge in [-0.25, -0.2) is 0 Å². The standard InChI is InChI=1S/C20H34N4O2/c1-15(2)24-16(3)12-18(17(24)4)19(25)13-22-8-7-9-23(11-10-22)14-20(26)21(5)6/h12,15H,7-11,13-14H2,1-6H3. The molecule has 146 valence electrons. The first kappa shape index (κ1) is 20.6. The van der Waals surface area contributed by atoms with Gasteiger partial charge in [0.25, 0.3) is 0 Å². The molecule has 1 fully saturated rings. The average molecular weight is 363 g/mol. The van der Waals surface area contributed by atoms with Crippen molar-refractivity contribution in [3.63, 3.8) is 0 Å². The number of nitrogens with zero attached hydrogens (tertiary/aromatic N) is 4. The number of Topliss-reactive ketones (excluding diaryl/α,β-unsaturated/α-hetero) is 1. The third kappa shape index (κ3) is 4.95. The molecule has 1 aliphatic rings. The second-order valence-electron chi connectivity index (χ2n) is 7.87. The highest BCUT2D eigenvalue weighted by Crippen LogP contribution is 2.21. The third-order valence-corrected chi connectivity index (χ3v) is 5.21. The van der Waals surface area contributed by atoms with Crippen LogP contribution in [-0.2, 0) is 4.79 Å². The van der Waals surface area contributed by atoms with Gasteiger partial charge in [-0.3, -0.25) is 19.4 Å². The molecule has 0 N–H and O–H groups in total. The summed E-state index contributed by atoms with van der Waals surface area (Å²) in [7, 11) is 3.58. The molecule has 0 radical (unpaired) electrons. The molecule has 1 amide bonds. The lowest BCUT2D eigenvalue weighted by Gasteiger charge is -2.22. The van der Waals surface area contributed by atoms with Gasteiger partial charge in [-0.2, -0.15) is 0 Å². The fraction of sp³-hybridized carbons (Fsp3) is 0.700. The van der Waals surface area contributed by atoms with Crippen LogP contribution < -0.4 is 0 Å². The highest BCUT2D eigenvalue weighted by atomic mass is 16.2. The van der Waals surface area contributed by atoms with E-state index in [1.54, 1.807) is 19.0 Å². The number of carbonyl (C=O) groups is 2. The average Bonchev–Trinajstić information content (AvgIpc) is 2.71. The minimum absolute atomic E-state index is 0.135. The summed E-state index contributed by atoms with van der Waals surface area (Å²) in [6.07, 6.45) is 0.985. The summed E-state index contributed by atoms with van der Waals surface area (Å²) in [5.41, 5.74) is 3.06. The molecule has 1 aromatic heterocycles. The Labute approximate surface area is 157 Å². The summed E-state index contributed by atoms with van der Waals surface area (Å²) >= 11 is 0. The van der Waals surface area contributed by atoms with E-state index >= 15 is 0 Å². The van der Waals surface area contributed by atoms with Crippen molar-refractivity contribution < 1.29 is 9.59 Å². The first-order valence-corrected chi connectivity index (χ1v) is 9.57. The summed E-state index contributed by atoms with van der Waals surface area (Å²) in [6.45, 7) is 12.8. The van der Waals surface area contributed by atoms with Crippen molar-refractivity contribution in [2.75, 3.05) is 53.4 Å². The first-order valence-electron chi connectivity index (χ1n) is 9.57. The number of hydrogen-bond acceptors (Lipinski definition) is 4. The lowest BCUT2D eigenvalue weighted by Crippen LogP contribution is -2.39. The van der Waals surface area contributed by atoms with Crippen LogP contribution >= 0.6 is 0 Å². The molecule has 0 bridgehead atoms. The van der Waals surface area contributed by atoms with Crippen LogP contribution in [0.4, 0.5) is 0 Å². The largest absolute Gasteiger partial charge is 0.348 e. The van der Waals surface area contributed by atoms with E-state index in [1.807, 2.05) is 13.0 Å². The van der Waals surface area contributed by atoms with E-state index in [0.717, 1.165) is 49.6 Å². The van der Waals surface area contributed by atoms with Gasteiger partial charge in [0.1, 0.15) is 0 Å². The predicted molar refractivity (Wildman–Crippen MR) is 105 cm³/mol. The van der Waals surface area contributed by atoms with Crippen LogP contribution in [0.25, 0.3) is 0 Å². The number of carbonyl (C=O) groups excluding carboxylic acids is 2. The molecular weight excluding hydrogens is 328 g/mol. The Morgan fingerprint density at radius 3 is 2.12 bits per heavy atom. The van der Waals surface area contributed by atoms with Gasteiger partial charge in [-0.05, 0) is 53.3 Å². The van der Waals surface area contributed by atoms with Gasteiger partial charge >= 0.3 is 0 Å². The molecule has 26 heavy (non-hydrogen) atoms. The van der Waals surface area contributed by atoms with Crippen molar-refractivity contribution in [1.82, 2.24) is 19.3 Å². The second-order valence-corrected chi connectivity index (χ2v) is 7.87. The van der Waals surface area contributed by atoms with Crippen molar-refractivity contribution in [1.29, 1.82) is 0 Å². The van der Waals surface area contributed by atoms with Gasteiger partial charge in [-0.1, -0.05) is 0 Å². The smallest absolute Gasteiger partial charge is 0.236 e. The maximum absolute atomic E-state index is 12.9. The SMILES string of the molecule is Cc1cc(C(=O)CN2CCCN(CC(=O)N(C)C)CC2)c(C)n1C(C)C. The van der Waals surface area contributed by atoms with E-state index in [1.165, 1.54) is 0 Å². The van der Waals surface area contributed by atoms with E-state index in [9.17, 15) is 9.59 Å². The Bertz CT molecular complexity index is 648. The summed E-state index contributed by atoms with van der Waals surface area (Å²) in [6, 6.07) is 2.38. The van der Waals surface area contributed by atoms with E-state index in [2.05, 4.69) is 35.1 Å². The van der Waals surface area contributed by atoms with E-state index in [0.29, 0.717) is 19.1 Å².